The van der Waals surface area contributed by atoms with Crippen LogP contribution in [0, 0.1) is 0 Å². The molecule has 0 fully saturated rings. The zero-order valence-corrected chi connectivity index (χ0v) is 12.3. The van der Waals surface area contributed by atoms with Crippen molar-refractivity contribution in [3.05, 3.63) is 30.4 Å². The van der Waals surface area contributed by atoms with Gasteiger partial charge in [-0.2, -0.15) is 5.10 Å². The van der Waals surface area contributed by atoms with Crippen molar-refractivity contribution < 1.29 is 8.42 Å². The van der Waals surface area contributed by atoms with Crippen LogP contribution in [0.25, 0.3) is 11.4 Å². The van der Waals surface area contributed by atoms with Crippen LogP contribution in [-0.2, 0) is 23.6 Å². The van der Waals surface area contributed by atoms with Crippen LogP contribution in [0.2, 0.25) is 0 Å². The molecule has 0 bridgehead atoms. The van der Waals surface area contributed by atoms with Crippen molar-refractivity contribution in [1.29, 1.82) is 0 Å². The van der Waals surface area contributed by atoms with Gasteiger partial charge in [0.15, 0.2) is 0 Å². The number of hydrogen-bond acceptors (Lipinski definition) is 5. The molecule has 0 aromatic carbocycles. The molecule has 0 aliphatic heterocycles. The quantitative estimate of drug-likeness (QED) is 0.847. The summed E-state index contributed by atoms with van der Waals surface area (Å²) in [5, 5.41) is 4.31. The predicted octanol–water partition coefficient (Wildman–Crippen LogP) is 0.706. The lowest BCUT2D eigenvalue weighted by atomic mass is 10.3. The molecule has 0 radical (unpaired) electrons. The Bertz CT molecular complexity index is 666. The van der Waals surface area contributed by atoms with E-state index in [1.54, 1.807) is 36.4 Å². The van der Waals surface area contributed by atoms with Crippen LogP contribution in [0.1, 0.15) is 19.0 Å². The Balaban J connectivity index is 2.13. The van der Waals surface area contributed by atoms with Crippen LogP contribution >= 0.6 is 0 Å². The summed E-state index contributed by atoms with van der Waals surface area (Å²) in [5.74, 6) is 0.127. The highest BCUT2D eigenvalue weighted by atomic mass is 32.2. The topological polar surface area (TPSA) is 89.8 Å². The summed E-state index contributed by atoms with van der Waals surface area (Å²) in [5.41, 5.74) is 2.10. The lowest BCUT2D eigenvalue weighted by molar-refractivity contribution is 0.576. The molecule has 20 heavy (non-hydrogen) atoms. The predicted molar refractivity (Wildman–Crippen MR) is 75.2 cm³/mol. The Kier molecular flexibility index (Phi) is 4.46. The molecule has 1 N–H and O–H groups in total. The third-order valence-electron chi connectivity index (χ3n) is 2.75. The van der Waals surface area contributed by atoms with Gasteiger partial charge in [-0.3, -0.25) is 14.6 Å². The highest BCUT2D eigenvalue weighted by Crippen LogP contribution is 2.15. The molecule has 7 nitrogen and oxygen atoms in total. The number of sulfonamides is 1. The van der Waals surface area contributed by atoms with Crippen LogP contribution in [-0.4, -0.2) is 33.9 Å². The molecule has 0 saturated carbocycles. The maximum Gasteiger partial charge on any atom is 0.211 e. The average Bonchev–Trinajstić information content (AvgIpc) is 2.79. The first-order valence-electron chi connectivity index (χ1n) is 6.28. The zero-order chi connectivity index (χ0) is 14.6. The van der Waals surface area contributed by atoms with Gasteiger partial charge in [0.25, 0.3) is 0 Å². The number of aromatic nitrogens is 4. The Morgan fingerprint density at radius 1 is 1.30 bits per heavy atom. The number of aryl methyl sites for hydroxylation is 1. The highest BCUT2D eigenvalue weighted by molar-refractivity contribution is 7.89. The van der Waals surface area contributed by atoms with E-state index < -0.39 is 10.0 Å². The molecule has 0 amide bonds. The molecular formula is C12H17N5O2S. The van der Waals surface area contributed by atoms with Gasteiger partial charge in [0.1, 0.15) is 11.4 Å². The Morgan fingerprint density at radius 2 is 2.10 bits per heavy atom. The maximum atomic E-state index is 11.6. The molecule has 2 aromatic rings. The molecule has 108 valence electrons. The summed E-state index contributed by atoms with van der Waals surface area (Å²) < 4.78 is 27.5. The van der Waals surface area contributed by atoms with Crippen molar-refractivity contribution in [3.63, 3.8) is 0 Å². The first kappa shape index (κ1) is 14.6. The molecule has 0 saturated heterocycles. The van der Waals surface area contributed by atoms with Crippen molar-refractivity contribution in [1.82, 2.24) is 24.5 Å². The van der Waals surface area contributed by atoms with Gasteiger partial charge in [0, 0.05) is 19.4 Å². The normalized spacial score (nSPS) is 11.7. The summed E-state index contributed by atoms with van der Waals surface area (Å²) in [4.78, 5) is 8.15. The van der Waals surface area contributed by atoms with Crippen LogP contribution < -0.4 is 4.72 Å². The molecular weight excluding hydrogens is 278 g/mol. The van der Waals surface area contributed by atoms with Crippen molar-refractivity contribution >= 4 is 10.0 Å². The Labute approximate surface area is 118 Å². The van der Waals surface area contributed by atoms with Crippen molar-refractivity contribution in [3.8, 4) is 11.4 Å². The van der Waals surface area contributed by atoms with E-state index in [4.69, 9.17) is 0 Å². The maximum absolute atomic E-state index is 11.6. The van der Waals surface area contributed by atoms with Crippen LogP contribution in [0.15, 0.2) is 24.7 Å². The first-order chi connectivity index (χ1) is 9.52. The number of nitrogens with one attached hydrogen (secondary N) is 1. The summed E-state index contributed by atoms with van der Waals surface area (Å²) in [7, 11) is -1.45. The van der Waals surface area contributed by atoms with Crippen LogP contribution in [0.3, 0.4) is 0 Å². The molecule has 2 aromatic heterocycles. The summed E-state index contributed by atoms with van der Waals surface area (Å²) in [6.45, 7) is 2.04. The van der Waals surface area contributed by atoms with Gasteiger partial charge in [0.2, 0.25) is 10.0 Å². The second-order valence-electron chi connectivity index (χ2n) is 4.38. The van der Waals surface area contributed by atoms with E-state index in [9.17, 15) is 8.42 Å². The molecule has 0 aliphatic carbocycles. The Hall–Kier alpha value is -1.80. The number of hydrogen-bond donors (Lipinski definition) is 1. The van der Waals surface area contributed by atoms with E-state index in [1.165, 1.54) is 0 Å². The lowest BCUT2D eigenvalue weighted by Crippen LogP contribution is -2.26. The Morgan fingerprint density at radius 3 is 2.75 bits per heavy atom. The molecule has 2 rings (SSSR count). The fourth-order valence-electron chi connectivity index (χ4n) is 1.75. The number of rotatable bonds is 6. The molecule has 2 heterocycles. The lowest BCUT2D eigenvalue weighted by Gasteiger charge is -2.05. The van der Waals surface area contributed by atoms with Gasteiger partial charge in [-0.1, -0.05) is 6.92 Å². The van der Waals surface area contributed by atoms with E-state index in [-0.39, 0.29) is 12.3 Å². The molecule has 0 spiro atoms. The van der Waals surface area contributed by atoms with Crippen LogP contribution in [0.5, 0.6) is 0 Å². The van der Waals surface area contributed by atoms with Gasteiger partial charge in [-0.25, -0.2) is 13.1 Å². The second-order valence-corrected chi connectivity index (χ2v) is 6.30. The van der Waals surface area contributed by atoms with Gasteiger partial charge >= 0.3 is 0 Å². The van der Waals surface area contributed by atoms with Crippen molar-refractivity contribution in [2.75, 3.05) is 5.75 Å². The van der Waals surface area contributed by atoms with Gasteiger partial charge in [-0.15, -0.1) is 0 Å². The number of nitrogens with zero attached hydrogens (tertiary/aromatic N) is 4. The minimum Gasteiger partial charge on any atom is -0.271 e. The minimum atomic E-state index is -3.22. The van der Waals surface area contributed by atoms with Crippen molar-refractivity contribution in [2.45, 2.75) is 19.9 Å². The monoisotopic (exact) mass is 295 g/mol. The third-order valence-corrected chi connectivity index (χ3v) is 4.28. The molecule has 0 atom stereocenters. The van der Waals surface area contributed by atoms with E-state index in [0.29, 0.717) is 17.8 Å². The van der Waals surface area contributed by atoms with Crippen LogP contribution in [0.4, 0.5) is 0 Å². The van der Waals surface area contributed by atoms with Gasteiger partial charge in [0.05, 0.1) is 24.2 Å². The highest BCUT2D eigenvalue weighted by Gasteiger charge is 2.12. The second kappa shape index (κ2) is 6.10. The molecule has 0 unspecified atom stereocenters. The first-order valence-corrected chi connectivity index (χ1v) is 7.93. The van der Waals surface area contributed by atoms with E-state index >= 15 is 0 Å². The minimum absolute atomic E-state index is 0.127. The third kappa shape index (κ3) is 3.61. The smallest absolute Gasteiger partial charge is 0.211 e. The van der Waals surface area contributed by atoms with Gasteiger partial charge < -0.3 is 0 Å². The molecule has 8 heteroatoms. The summed E-state index contributed by atoms with van der Waals surface area (Å²) >= 11 is 0. The SMILES string of the molecule is CCCS(=O)(=O)NCc1cc(-c2cnccn2)nn1C. The largest absolute Gasteiger partial charge is 0.271 e. The summed E-state index contributed by atoms with van der Waals surface area (Å²) in [6, 6.07) is 1.80. The van der Waals surface area contributed by atoms with Gasteiger partial charge in [-0.05, 0) is 12.5 Å². The standard InChI is InChI=1S/C12H17N5O2S/c1-3-6-20(18,19)15-8-10-7-11(16-17(10)2)12-9-13-4-5-14-12/h4-5,7,9,15H,3,6,8H2,1-2H3. The summed E-state index contributed by atoms with van der Waals surface area (Å²) in [6.07, 6.45) is 5.39. The van der Waals surface area contributed by atoms with E-state index in [2.05, 4.69) is 19.8 Å². The van der Waals surface area contributed by atoms with Crippen molar-refractivity contribution in [2.24, 2.45) is 7.05 Å². The van der Waals surface area contributed by atoms with E-state index in [0.717, 1.165) is 5.69 Å². The fourth-order valence-corrected chi connectivity index (χ4v) is 2.80. The fraction of sp³-hybridized carbons (Fsp3) is 0.417. The average molecular weight is 295 g/mol. The van der Waals surface area contributed by atoms with E-state index in [1.807, 2.05) is 6.92 Å². The zero-order valence-electron chi connectivity index (χ0n) is 11.4. The molecule has 0 aliphatic rings.